The van der Waals surface area contributed by atoms with E-state index in [4.69, 9.17) is 27.9 Å². The van der Waals surface area contributed by atoms with Crippen molar-refractivity contribution in [2.75, 3.05) is 0 Å². The van der Waals surface area contributed by atoms with Crippen LogP contribution in [-0.2, 0) is 0 Å². The summed E-state index contributed by atoms with van der Waals surface area (Å²) in [6.07, 6.45) is 0.128. The van der Waals surface area contributed by atoms with Crippen molar-refractivity contribution in [2.24, 2.45) is 0 Å². The summed E-state index contributed by atoms with van der Waals surface area (Å²) >= 11 is 11.6. The van der Waals surface area contributed by atoms with Crippen LogP contribution >= 0.6 is 23.2 Å². The molecular formula is C13H22Cl2O. The van der Waals surface area contributed by atoms with Gasteiger partial charge in [-0.3, -0.25) is 0 Å². The highest BCUT2D eigenvalue weighted by molar-refractivity contribution is 6.35. The predicted octanol–water partition coefficient (Wildman–Crippen LogP) is 5.83. The van der Waals surface area contributed by atoms with Crippen LogP contribution in [0.2, 0.25) is 10.0 Å². The Kier molecular flexibility index (Phi) is 12.5. The molecule has 0 bridgehead atoms. The van der Waals surface area contributed by atoms with Gasteiger partial charge in [-0.25, -0.2) is 0 Å². The first-order valence-corrected chi connectivity index (χ1v) is 6.47. The SMILES string of the molecule is CC.CC.CC(C)Oc1ccc(Cl)cc1Cl. The Morgan fingerprint density at radius 3 is 1.88 bits per heavy atom. The average Bonchev–Trinajstić information content (AvgIpc) is 2.28. The fourth-order valence-electron chi connectivity index (χ4n) is 0.825. The molecule has 0 spiro atoms. The number of ether oxygens (including phenoxy) is 1. The molecule has 0 aliphatic carbocycles. The Labute approximate surface area is 110 Å². The van der Waals surface area contributed by atoms with E-state index in [1.807, 2.05) is 41.5 Å². The molecule has 94 valence electrons. The lowest BCUT2D eigenvalue weighted by Crippen LogP contribution is -2.05. The summed E-state index contributed by atoms with van der Waals surface area (Å²) in [5.74, 6) is 0.677. The minimum atomic E-state index is 0.128. The van der Waals surface area contributed by atoms with Gasteiger partial charge in [-0.15, -0.1) is 0 Å². The molecule has 1 aromatic rings. The lowest BCUT2D eigenvalue weighted by atomic mass is 10.3. The summed E-state index contributed by atoms with van der Waals surface area (Å²) in [6, 6.07) is 5.19. The Balaban J connectivity index is 0. The van der Waals surface area contributed by atoms with E-state index in [0.717, 1.165) is 0 Å². The molecule has 0 amide bonds. The quantitative estimate of drug-likeness (QED) is 0.653. The molecule has 3 heteroatoms. The van der Waals surface area contributed by atoms with Crippen molar-refractivity contribution in [1.29, 1.82) is 0 Å². The molecule has 0 unspecified atom stereocenters. The monoisotopic (exact) mass is 264 g/mol. The van der Waals surface area contributed by atoms with Gasteiger partial charge >= 0.3 is 0 Å². The van der Waals surface area contributed by atoms with Crippen LogP contribution in [0.3, 0.4) is 0 Å². The van der Waals surface area contributed by atoms with Crippen molar-refractivity contribution in [2.45, 2.75) is 47.6 Å². The van der Waals surface area contributed by atoms with E-state index in [2.05, 4.69) is 0 Å². The fourth-order valence-corrected chi connectivity index (χ4v) is 1.28. The minimum Gasteiger partial charge on any atom is -0.489 e. The smallest absolute Gasteiger partial charge is 0.138 e. The van der Waals surface area contributed by atoms with Crippen molar-refractivity contribution in [3.05, 3.63) is 28.2 Å². The summed E-state index contributed by atoms with van der Waals surface area (Å²) in [6.45, 7) is 11.9. The first kappa shape index (κ1) is 18.0. The highest BCUT2D eigenvalue weighted by atomic mass is 35.5. The van der Waals surface area contributed by atoms with Gasteiger partial charge in [0, 0.05) is 5.02 Å². The number of benzene rings is 1. The molecule has 16 heavy (non-hydrogen) atoms. The summed E-state index contributed by atoms with van der Waals surface area (Å²) < 4.78 is 5.41. The highest BCUT2D eigenvalue weighted by Gasteiger charge is 2.03. The van der Waals surface area contributed by atoms with E-state index in [1.54, 1.807) is 18.2 Å². The van der Waals surface area contributed by atoms with Gasteiger partial charge in [0.1, 0.15) is 5.75 Å². The first-order valence-electron chi connectivity index (χ1n) is 5.71. The molecule has 0 N–H and O–H groups in total. The maximum absolute atomic E-state index is 5.86. The third-order valence-corrected chi connectivity index (χ3v) is 1.79. The van der Waals surface area contributed by atoms with Crippen molar-refractivity contribution >= 4 is 23.2 Å². The van der Waals surface area contributed by atoms with E-state index in [1.165, 1.54) is 0 Å². The zero-order valence-electron chi connectivity index (χ0n) is 11.0. The van der Waals surface area contributed by atoms with Crippen molar-refractivity contribution < 1.29 is 4.74 Å². The second-order valence-electron chi connectivity index (χ2n) is 2.74. The van der Waals surface area contributed by atoms with E-state index >= 15 is 0 Å². The van der Waals surface area contributed by atoms with Crippen LogP contribution in [0.4, 0.5) is 0 Å². The van der Waals surface area contributed by atoms with Crippen LogP contribution in [0.25, 0.3) is 0 Å². The van der Waals surface area contributed by atoms with Gasteiger partial charge < -0.3 is 4.74 Å². The average molecular weight is 265 g/mol. The first-order chi connectivity index (χ1) is 7.59. The molecule has 0 aliphatic rings. The second-order valence-corrected chi connectivity index (χ2v) is 3.58. The Morgan fingerprint density at radius 1 is 1.00 bits per heavy atom. The Hall–Kier alpha value is -0.400. The summed E-state index contributed by atoms with van der Waals surface area (Å²) in [5.41, 5.74) is 0. The standard InChI is InChI=1S/C9H10Cl2O.2C2H6/c1-6(2)12-9-4-3-7(10)5-8(9)11;2*1-2/h3-6H,1-2H3;2*1-2H3. The number of rotatable bonds is 2. The number of hydrogen-bond donors (Lipinski definition) is 0. The van der Waals surface area contributed by atoms with Crippen LogP contribution in [0, 0.1) is 0 Å². The van der Waals surface area contributed by atoms with E-state index in [9.17, 15) is 0 Å². The normalized spacial score (nSPS) is 8.56. The predicted molar refractivity (Wildman–Crippen MR) is 74.9 cm³/mol. The highest BCUT2D eigenvalue weighted by Crippen LogP contribution is 2.28. The van der Waals surface area contributed by atoms with Gasteiger partial charge in [0.15, 0.2) is 0 Å². The molecule has 1 nitrogen and oxygen atoms in total. The van der Waals surface area contributed by atoms with Gasteiger partial charge in [-0.1, -0.05) is 50.9 Å². The van der Waals surface area contributed by atoms with E-state index in [-0.39, 0.29) is 6.10 Å². The van der Waals surface area contributed by atoms with Crippen LogP contribution in [-0.4, -0.2) is 6.10 Å². The molecule has 0 saturated carbocycles. The molecule has 0 atom stereocenters. The van der Waals surface area contributed by atoms with Gasteiger partial charge in [-0.05, 0) is 32.0 Å². The van der Waals surface area contributed by atoms with Crippen LogP contribution in [0.5, 0.6) is 5.75 Å². The zero-order chi connectivity index (χ0) is 13.1. The molecule has 1 aromatic carbocycles. The lowest BCUT2D eigenvalue weighted by Gasteiger charge is -2.10. The molecule has 0 radical (unpaired) electrons. The molecule has 1 rings (SSSR count). The van der Waals surface area contributed by atoms with Crippen molar-refractivity contribution in [3.8, 4) is 5.75 Å². The summed E-state index contributed by atoms with van der Waals surface area (Å²) in [5, 5.41) is 1.17. The maximum Gasteiger partial charge on any atom is 0.138 e. The Bertz CT molecular complexity index is 273. The molecule has 0 fully saturated rings. The second kappa shape index (κ2) is 11.1. The fraction of sp³-hybridized carbons (Fsp3) is 0.538. The third-order valence-electron chi connectivity index (χ3n) is 1.26. The van der Waals surface area contributed by atoms with E-state index in [0.29, 0.717) is 15.8 Å². The topological polar surface area (TPSA) is 9.23 Å². The third kappa shape index (κ3) is 7.84. The van der Waals surface area contributed by atoms with Crippen LogP contribution in [0.1, 0.15) is 41.5 Å². The number of halogens is 2. The van der Waals surface area contributed by atoms with Gasteiger partial charge in [-0.2, -0.15) is 0 Å². The molecule has 0 aliphatic heterocycles. The molecular weight excluding hydrogens is 243 g/mol. The Morgan fingerprint density at radius 2 is 1.50 bits per heavy atom. The van der Waals surface area contributed by atoms with Crippen molar-refractivity contribution in [1.82, 2.24) is 0 Å². The largest absolute Gasteiger partial charge is 0.489 e. The van der Waals surface area contributed by atoms with Gasteiger partial charge in [0.2, 0.25) is 0 Å². The number of hydrogen-bond acceptors (Lipinski definition) is 1. The zero-order valence-corrected chi connectivity index (χ0v) is 12.5. The summed E-state index contributed by atoms with van der Waals surface area (Å²) in [4.78, 5) is 0. The maximum atomic E-state index is 5.86. The van der Waals surface area contributed by atoms with Crippen LogP contribution in [0.15, 0.2) is 18.2 Å². The van der Waals surface area contributed by atoms with Crippen molar-refractivity contribution in [3.63, 3.8) is 0 Å². The van der Waals surface area contributed by atoms with E-state index < -0.39 is 0 Å². The summed E-state index contributed by atoms with van der Waals surface area (Å²) in [7, 11) is 0. The molecule has 0 saturated heterocycles. The van der Waals surface area contributed by atoms with Crippen LogP contribution < -0.4 is 4.74 Å². The minimum absolute atomic E-state index is 0.128. The lowest BCUT2D eigenvalue weighted by molar-refractivity contribution is 0.242. The molecule has 0 heterocycles. The van der Waals surface area contributed by atoms with Gasteiger partial charge in [0.25, 0.3) is 0 Å². The molecule has 0 aromatic heterocycles. The van der Waals surface area contributed by atoms with Gasteiger partial charge in [0.05, 0.1) is 11.1 Å².